The molecule has 2 nitrogen and oxygen atoms in total. The van der Waals surface area contributed by atoms with Gasteiger partial charge in [-0.1, -0.05) is 6.92 Å². The van der Waals surface area contributed by atoms with E-state index >= 15 is 0 Å². The molecule has 0 aliphatic heterocycles. The Bertz CT molecular complexity index is 11.0. The maximum Gasteiger partial charge on any atom is 2.00 e. The van der Waals surface area contributed by atoms with Gasteiger partial charge in [0.25, 0.3) is 0 Å². The molecule has 0 aromatic rings. The van der Waals surface area contributed by atoms with Crippen LogP contribution in [0.2, 0.25) is 0 Å². The van der Waals surface area contributed by atoms with Crippen LogP contribution in [0.4, 0.5) is 0 Å². The summed E-state index contributed by atoms with van der Waals surface area (Å²) in [6.07, 6.45) is 1.00. The largest absolute Gasteiger partial charge is 2.00 e. The fourth-order valence-corrected chi connectivity index (χ4v) is 0. The van der Waals surface area contributed by atoms with Crippen molar-refractivity contribution in [3.05, 3.63) is 14.4 Å². The van der Waals surface area contributed by atoms with Crippen molar-refractivity contribution in [2.24, 2.45) is 0 Å². The van der Waals surface area contributed by atoms with E-state index in [4.69, 9.17) is 10.2 Å². The number of rotatable bonds is 0. The zero-order valence-corrected chi connectivity index (χ0v) is 8.37. The molecule has 58 valence electrons. The van der Waals surface area contributed by atoms with Crippen molar-refractivity contribution in [3.8, 4) is 0 Å². The third kappa shape index (κ3) is 945. The van der Waals surface area contributed by atoms with E-state index in [0.717, 1.165) is 20.6 Å². The van der Waals surface area contributed by atoms with Gasteiger partial charge in [0.1, 0.15) is 0 Å². The van der Waals surface area contributed by atoms with Crippen molar-refractivity contribution in [1.82, 2.24) is 0 Å². The fourth-order valence-electron chi connectivity index (χ4n) is 0. The van der Waals surface area contributed by atoms with Gasteiger partial charge in [-0.25, -0.2) is 0 Å². The van der Waals surface area contributed by atoms with Crippen LogP contribution in [0.25, 0.3) is 0 Å². The summed E-state index contributed by atoms with van der Waals surface area (Å²) in [5.74, 6) is 0. The molecule has 0 heterocycles. The Labute approximate surface area is 74.2 Å². The molecular weight excluding hydrogens is 152 g/mol. The Morgan fingerprint density at radius 2 is 1.11 bits per heavy atom. The predicted octanol–water partition coefficient (Wildman–Crippen LogP) is 0.895. The molecule has 0 aliphatic carbocycles. The van der Waals surface area contributed by atoms with Crippen molar-refractivity contribution in [2.75, 3.05) is 14.2 Å². The van der Waals surface area contributed by atoms with E-state index in [9.17, 15) is 0 Å². The van der Waals surface area contributed by atoms with Crippen molar-refractivity contribution in [3.63, 3.8) is 0 Å². The number of hydrogen-bond donors (Lipinski definition) is 2. The van der Waals surface area contributed by atoms with Gasteiger partial charge in [0.15, 0.2) is 0 Å². The van der Waals surface area contributed by atoms with Crippen LogP contribution in [0.15, 0.2) is 0 Å². The van der Waals surface area contributed by atoms with Crippen LogP contribution in [0, 0.1) is 14.4 Å². The Morgan fingerprint density at radius 1 is 1.11 bits per heavy atom. The van der Waals surface area contributed by atoms with Gasteiger partial charge in [0, 0.05) is 14.2 Å². The Hall–Kier alpha value is 0.634. The van der Waals surface area contributed by atoms with Crippen molar-refractivity contribution >= 4 is 0 Å². The molecule has 0 unspecified atom stereocenters. The molecule has 0 aliphatic rings. The third-order valence-corrected chi connectivity index (χ3v) is 0. The first-order chi connectivity index (χ1) is 3.41. The van der Waals surface area contributed by atoms with Gasteiger partial charge in [0.05, 0.1) is 0 Å². The zero-order valence-electron chi connectivity index (χ0n) is 6.81. The molecule has 0 atom stereocenters. The van der Waals surface area contributed by atoms with Gasteiger partial charge in [-0.3, -0.25) is 0 Å². The molecule has 0 bridgehead atoms. The Morgan fingerprint density at radius 3 is 1.11 bits per heavy atom. The van der Waals surface area contributed by atoms with Gasteiger partial charge in [0.2, 0.25) is 0 Å². The molecular formula is C6H18O2Ti. The standard InChI is InChI=1S/C3H7.2CH4O.CH3.Ti/c1-3-2;2*1-2;;/h1,3H2,2H3;2*2H,1H3;1H3;/q-1;;;-1;+2. The molecule has 0 radical (unpaired) electrons. The SMILES string of the molecule is CO.CO.[CH2-]CC.[CH3-].[Ti+2]. The maximum atomic E-state index is 7.00. The van der Waals surface area contributed by atoms with E-state index in [2.05, 4.69) is 6.92 Å². The Kier molecular flexibility index (Phi) is 700. The van der Waals surface area contributed by atoms with Crippen molar-refractivity contribution in [2.45, 2.75) is 13.3 Å². The summed E-state index contributed by atoms with van der Waals surface area (Å²) in [4.78, 5) is 0. The van der Waals surface area contributed by atoms with E-state index in [1.54, 1.807) is 0 Å². The maximum absolute atomic E-state index is 7.00. The average molecular weight is 170 g/mol. The topological polar surface area (TPSA) is 40.5 Å². The van der Waals surface area contributed by atoms with E-state index in [1.807, 2.05) is 6.92 Å². The van der Waals surface area contributed by atoms with Crippen LogP contribution in [-0.4, -0.2) is 24.4 Å². The molecule has 0 saturated carbocycles. The first-order valence-electron chi connectivity index (χ1n) is 2.10. The van der Waals surface area contributed by atoms with Crippen molar-refractivity contribution < 1.29 is 31.9 Å². The predicted molar refractivity (Wildman–Crippen MR) is 38.3 cm³/mol. The van der Waals surface area contributed by atoms with Gasteiger partial charge >= 0.3 is 21.7 Å². The zero-order chi connectivity index (χ0) is 6.71. The molecule has 0 fully saturated rings. The molecule has 0 spiro atoms. The third-order valence-electron chi connectivity index (χ3n) is 0. The van der Waals surface area contributed by atoms with Crippen molar-refractivity contribution in [1.29, 1.82) is 0 Å². The van der Waals surface area contributed by atoms with Gasteiger partial charge in [-0.2, -0.15) is 6.42 Å². The molecule has 0 amide bonds. The first-order valence-corrected chi connectivity index (χ1v) is 2.10. The molecule has 3 heteroatoms. The number of aliphatic hydroxyl groups is 2. The minimum Gasteiger partial charge on any atom is -0.400 e. The summed E-state index contributed by atoms with van der Waals surface area (Å²) >= 11 is 0. The van der Waals surface area contributed by atoms with Crippen LogP contribution in [0.1, 0.15) is 13.3 Å². The monoisotopic (exact) mass is 170 g/mol. The van der Waals surface area contributed by atoms with Crippen LogP contribution >= 0.6 is 0 Å². The minimum atomic E-state index is 0. The van der Waals surface area contributed by atoms with E-state index in [1.165, 1.54) is 0 Å². The first kappa shape index (κ1) is 33.4. The van der Waals surface area contributed by atoms with Crippen LogP contribution < -0.4 is 0 Å². The van der Waals surface area contributed by atoms with Crippen LogP contribution in [0.5, 0.6) is 0 Å². The summed E-state index contributed by atoms with van der Waals surface area (Å²) in [5.41, 5.74) is 0. The molecule has 2 N–H and O–H groups in total. The second-order valence-electron chi connectivity index (χ2n) is 0.500. The van der Waals surface area contributed by atoms with Crippen LogP contribution in [-0.2, 0) is 21.7 Å². The summed E-state index contributed by atoms with van der Waals surface area (Å²) in [7, 11) is 2.00. The molecule has 0 saturated heterocycles. The quantitative estimate of drug-likeness (QED) is 0.418. The van der Waals surface area contributed by atoms with Gasteiger partial charge in [-0.05, 0) is 0 Å². The summed E-state index contributed by atoms with van der Waals surface area (Å²) in [5, 5.41) is 14.0. The smallest absolute Gasteiger partial charge is 0.400 e. The van der Waals surface area contributed by atoms with Gasteiger partial charge in [-0.15, -0.1) is 0 Å². The minimum absolute atomic E-state index is 0. The molecule has 0 aromatic heterocycles. The van der Waals surface area contributed by atoms with Gasteiger partial charge < -0.3 is 24.6 Å². The number of hydrogen-bond acceptors (Lipinski definition) is 2. The second kappa shape index (κ2) is 188. The summed E-state index contributed by atoms with van der Waals surface area (Å²) in [6, 6.07) is 0. The number of aliphatic hydroxyl groups excluding tert-OH is 2. The summed E-state index contributed by atoms with van der Waals surface area (Å²) < 4.78 is 0. The van der Waals surface area contributed by atoms with E-state index < -0.39 is 0 Å². The fraction of sp³-hybridized carbons (Fsp3) is 0.667. The molecule has 0 rings (SSSR count). The van der Waals surface area contributed by atoms with E-state index in [0.29, 0.717) is 0 Å². The molecule has 0 aromatic carbocycles. The average Bonchev–Trinajstić information content (AvgIpc) is 1.78. The molecule has 9 heavy (non-hydrogen) atoms. The second-order valence-corrected chi connectivity index (χ2v) is 0.500. The van der Waals surface area contributed by atoms with Crippen LogP contribution in [0.3, 0.4) is 0 Å². The Balaban J connectivity index is -0.00000000825. The normalized spacial score (nSPS) is 3.33. The van der Waals surface area contributed by atoms with E-state index in [-0.39, 0.29) is 29.1 Å². The summed E-state index contributed by atoms with van der Waals surface area (Å²) in [6.45, 7) is 5.50.